The van der Waals surface area contributed by atoms with Crippen molar-refractivity contribution in [3.8, 4) is 11.5 Å². The van der Waals surface area contributed by atoms with Crippen LogP contribution in [0.1, 0.15) is 142 Å². The molecule has 4 nitrogen and oxygen atoms in total. The van der Waals surface area contributed by atoms with Crippen LogP contribution in [-0.4, -0.2) is 0 Å². The summed E-state index contributed by atoms with van der Waals surface area (Å²) in [6.07, 6.45) is 11.1. The number of rotatable bonds is 6. The van der Waals surface area contributed by atoms with Gasteiger partial charge in [-0.05, 0) is 70.6 Å². The van der Waals surface area contributed by atoms with E-state index in [-0.39, 0.29) is 51.2 Å². The van der Waals surface area contributed by atoms with Gasteiger partial charge in [-0.1, -0.05) is 118 Å². The largest absolute Gasteiger partial charge is 1.00 e. The maximum atomic E-state index is 13.6. The molecule has 2 aliphatic rings. The molecule has 2 aromatic carbocycles. The Morgan fingerprint density at radius 1 is 0.650 bits per heavy atom. The van der Waals surface area contributed by atoms with E-state index in [9.17, 15) is 9.46 Å². The number of phosphoric ester groups is 1. The van der Waals surface area contributed by atoms with Crippen molar-refractivity contribution in [3.05, 3.63) is 58.7 Å². The van der Waals surface area contributed by atoms with Crippen LogP contribution in [-0.2, 0) is 26.2 Å². The zero-order chi connectivity index (χ0) is 28.7. The third-order valence-electron chi connectivity index (χ3n) is 9.33. The molecule has 40 heavy (non-hydrogen) atoms. The average Bonchev–Trinajstić information content (AvgIpc) is 2.83. The number of hydrogen-bond acceptors (Lipinski definition) is 4. The third kappa shape index (κ3) is 7.78. The van der Waals surface area contributed by atoms with Gasteiger partial charge in [0.05, 0.1) is 0 Å². The van der Waals surface area contributed by atoms with E-state index in [1.54, 1.807) is 0 Å². The molecule has 0 spiro atoms. The summed E-state index contributed by atoms with van der Waals surface area (Å²) < 4.78 is 25.3. The number of phosphoric acid groups is 1. The number of hydrogen-bond donors (Lipinski definition) is 0. The second-order valence-corrected chi connectivity index (χ2v) is 16.1. The molecule has 0 bridgehead atoms. The fourth-order valence-electron chi connectivity index (χ4n) is 6.56. The van der Waals surface area contributed by atoms with E-state index < -0.39 is 7.82 Å². The van der Waals surface area contributed by atoms with Crippen LogP contribution in [0, 0.1) is 0 Å². The Kier molecular flexibility index (Phi) is 10.5. The van der Waals surface area contributed by atoms with Crippen molar-refractivity contribution < 1.29 is 48.1 Å². The van der Waals surface area contributed by atoms with Crippen molar-refractivity contribution in [2.24, 2.45) is 0 Å². The van der Waals surface area contributed by atoms with Crippen molar-refractivity contribution >= 4 is 7.82 Å². The zero-order valence-corrected chi connectivity index (χ0v) is 29.5. The normalized spacial score (nSPS) is 19.4. The summed E-state index contributed by atoms with van der Waals surface area (Å²) in [6, 6.07) is 12.0. The molecule has 0 N–H and O–H groups in total. The predicted octanol–water partition coefficient (Wildman–Crippen LogP) is 6.66. The smallest absolute Gasteiger partial charge is 0.736 e. The van der Waals surface area contributed by atoms with Crippen LogP contribution in [0.15, 0.2) is 36.4 Å². The molecule has 2 fully saturated rings. The van der Waals surface area contributed by atoms with E-state index in [0.717, 1.165) is 62.5 Å². The maximum Gasteiger partial charge on any atom is 1.00 e. The first-order valence-corrected chi connectivity index (χ1v) is 16.5. The maximum absolute atomic E-state index is 13.6. The standard InChI is InChI=1S/C34H51O4P.Na/c1-31(2,3)25-15-17-29(27(23-25)33(7)19-11-9-12-20-33)37-39(35,36)38-30-18-16-26(32(4,5)6)24-28(30)34(8)21-13-10-14-22-34;/h15-18,23-24H,9-14,19-22H2,1-8H3,(H,35,36);/q;+1/p-1. The van der Waals surface area contributed by atoms with Crippen molar-refractivity contribution in [3.63, 3.8) is 0 Å². The van der Waals surface area contributed by atoms with E-state index in [4.69, 9.17) is 9.05 Å². The molecular weight excluding hydrogens is 526 g/mol. The van der Waals surface area contributed by atoms with E-state index in [0.29, 0.717) is 11.5 Å². The Morgan fingerprint density at radius 3 is 1.27 bits per heavy atom. The second kappa shape index (κ2) is 12.5. The van der Waals surface area contributed by atoms with Crippen LogP contribution in [0.25, 0.3) is 0 Å². The summed E-state index contributed by atoms with van der Waals surface area (Å²) in [5.41, 5.74) is 4.00. The Labute approximate surface area is 265 Å². The Morgan fingerprint density at radius 2 is 0.975 bits per heavy atom. The van der Waals surface area contributed by atoms with Crippen LogP contribution in [0.4, 0.5) is 0 Å². The molecule has 0 aromatic heterocycles. The van der Waals surface area contributed by atoms with Crippen molar-refractivity contribution in [1.29, 1.82) is 0 Å². The zero-order valence-electron chi connectivity index (χ0n) is 26.6. The van der Waals surface area contributed by atoms with E-state index in [2.05, 4.69) is 67.5 Å². The predicted molar refractivity (Wildman–Crippen MR) is 160 cm³/mol. The summed E-state index contributed by atoms with van der Waals surface area (Å²) >= 11 is 0. The van der Waals surface area contributed by atoms with Crippen molar-refractivity contribution in [2.45, 2.75) is 141 Å². The van der Waals surface area contributed by atoms with E-state index in [1.165, 1.54) is 24.0 Å². The first kappa shape index (κ1) is 33.7. The van der Waals surface area contributed by atoms with Crippen molar-refractivity contribution in [2.75, 3.05) is 0 Å². The van der Waals surface area contributed by atoms with E-state index in [1.807, 2.05) is 24.3 Å². The molecule has 0 radical (unpaired) electrons. The molecule has 6 heteroatoms. The Hall–Kier alpha value is -0.770. The molecular formula is C34H50NaO4P. The molecule has 2 saturated carbocycles. The van der Waals surface area contributed by atoms with Gasteiger partial charge in [0.2, 0.25) is 0 Å². The number of benzene rings is 2. The van der Waals surface area contributed by atoms with Gasteiger partial charge in [-0.2, -0.15) is 0 Å². The summed E-state index contributed by atoms with van der Waals surface area (Å²) in [7, 11) is -4.71. The molecule has 216 valence electrons. The van der Waals surface area contributed by atoms with Gasteiger partial charge in [-0.15, -0.1) is 0 Å². The quantitative estimate of drug-likeness (QED) is 0.285. The van der Waals surface area contributed by atoms with Gasteiger partial charge in [-0.3, -0.25) is 0 Å². The second-order valence-electron chi connectivity index (χ2n) is 14.8. The van der Waals surface area contributed by atoms with Gasteiger partial charge >= 0.3 is 37.4 Å². The summed E-state index contributed by atoms with van der Waals surface area (Å²) in [4.78, 5) is 13.6. The topological polar surface area (TPSA) is 58.6 Å². The molecule has 2 aromatic rings. The summed E-state index contributed by atoms with van der Waals surface area (Å²) in [5.74, 6) is 0.810. The molecule has 0 aliphatic heterocycles. The fourth-order valence-corrected chi connectivity index (χ4v) is 7.40. The van der Waals surface area contributed by atoms with E-state index >= 15 is 0 Å². The van der Waals surface area contributed by atoms with Gasteiger partial charge < -0.3 is 13.9 Å². The Bertz CT molecular complexity index is 1120. The minimum atomic E-state index is -4.71. The molecule has 0 amide bonds. The van der Waals surface area contributed by atoms with Gasteiger partial charge in [0.25, 0.3) is 0 Å². The van der Waals surface area contributed by atoms with Crippen LogP contribution >= 0.6 is 7.82 Å². The molecule has 0 heterocycles. The molecule has 0 atom stereocenters. The molecule has 2 aliphatic carbocycles. The minimum absolute atomic E-state index is 0. The summed E-state index contributed by atoms with van der Waals surface area (Å²) in [6.45, 7) is 17.6. The fraction of sp³-hybridized carbons (Fsp3) is 0.647. The summed E-state index contributed by atoms with van der Waals surface area (Å²) in [5, 5.41) is 0. The third-order valence-corrected chi connectivity index (χ3v) is 10.2. The molecule has 0 unspecified atom stereocenters. The molecule has 4 rings (SSSR count). The molecule has 0 saturated heterocycles. The first-order valence-electron chi connectivity index (χ1n) is 15.0. The van der Waals surface area contributed by atoms with Crippen LogP contribution in [0.3, 0.4) is 0 Å². The Balaban J connectivity index is 0.00000441. The van der Waals surface area contributed by atoms with Crippen LogP contribution in [0.5, 0.6) is 11.5 Å². The van der Waals surface area contributed by atoms with Gasteiger partial charge in [0.15, 0.2) is 0 Å². The van der Waals surface area contributed by atoms with Gasteiger partial charge in [-0.25, -0.2) is 4.57 Å². The monoisotopic (exact) mass is 576 g/mol. The SMILES string of the molecule is CC(C)(C)c1ccc(OP(=O)([O-])Oc2ccc(C(C)(C)C)cc2C2(C)CCCCC2)c(C2(C)CCCCC2)c1.[Na+]. The average molecular weight is 577 g/mol. The van der Waals surface area contributed by atoms with Gasteiger partial charge in [0.1, 0.15) is 11.5 Å². The van der Waals surface area contributed by atoms with Crippen molar-refractivity contribution in [1.82, 2.24) is 0 Å². The minimum Gasteiger partial charge on any atom is -0.736 e. The van der Waals surface area contributed by atoms with Crippen LogP contribution in [0.2, 0.25) is 0 Å². The van der Waals surface area contributed by atoms with Gasteiger partial charge in [0, 0.05) is 11.1 Å². The van der Waals surface area contributed by atoms with Crippen LogP contribution < -0.4 is 43.5 Å². The first-order chi connectivity index (χ1) is 18.0.